The minimum Gasteiger partial charge on any atom is -0.397 e. The maximum atomic E-state index is 12.4. The second kappa shape index (κ2) is 6.09. The number of nitroso groups, excluding NO2 is 1. The van der Waals surface area contributed by atoms with Crippen LogP contribution in [0.25, 0.3) is 15.5 Å². The molecule has 1 aliphatic heterocycles. The number of nitrogens with zero attached hydrogens (tertiary/aromatic N) is 7. The molecule has 4 heterocycles. The van der Waals surface area contributed by atoms with E-state index in [2.05, 4.69) is 20.4 Å². The van der Waals surface area contributed by atoms with Crippen LogP contribution in [0.1, 0.15) is 0 Å². The fraction of sp³-hybridized carbons (Fsp3) is 0.286. The van der Waals surface area contributed by atoms with E-state index in [0.717, 1.165) is 5.56 Å². The van der Waals surface area contributed by atoms with Gasteiger partial charge in [-0.3, -0.25) is 14.8 Å². The molecular weight excluding hydrogens is 344 g/mol. The lowest BCUT2D eigenvalue weighted by atomic mass is 10.3. The zero-order valence-corrected chi connectivity index (χ0v) is 13.9. The van der Waals surface area contributed by atoms with E-state index in [0.29, 0.717) is 47.7 Å². The molecular formula is C14H14N8O2S. The first kappa shape index (κ1) is 15.4. The molecule has 0 aromatic carbocycles. The van der Waals surface area contributed by atoms with E-state index in [-0.39, 0.29) is 5.56 Å². The molecule has 0 amide bonds. The zero-order valence-electron chi connectivity index (χ0n) is 13.1. The fourth-order valence-electron chi connectivity index (χ4n) is 2.66. The third kappa shape index (κ3) is 2.89. The van der Waals surface area contributed by atoms with Gasteiger partial charge in [0.25, 0.3) is 5.56 Å². The molecule has 1 fully saturated rings. The van der Waals surface area contributed by atoms with Crippen LogP contribution in [-0.4, -0.2) is 50.8 Å². The molecule has 0 atom stereocenters. The van der Waals surface area contributed by atoms with Crippen molar-refractivity contribution < 1.29 is 0 Å². The van der Waals surface area contributed by atoms with Crippen molar-refractivity contribution in [3.05, 3.63) is 39.8 Å². The highest BCUT2D eigenvalue weighted by atomic mass is 32.1. The Kier molecular flexibility index (Phi) is 3.76. The number of rotatable bonds is 3. The van der Waals surface area contributed by atoms with Crippen LogP contribution in [-0.2, 0) is 0 Å². The number of pyridine rings is 1. The summed E-state index contributed by atoms with van der Waals surface area (Å²) < 4.78 is 1.27. The van der Waals surface area contributed by atoms with Crippen molar-refractivity contribution in [2.45, 2.75) is 0 Å². The molecule has 3 aromatic heterocycles. The molecule has 1 aliphatic rings. The van der Waals surface area contributed by atoms with Gasteiger partial charge >= 0.3 is 0 Å². The van der Waals surface area contributed by atoms with E-state index in [1.54, 1.807) is 18.5 Å². The maximum absolute atomic E-state index is 12.4. The molecule has 0 spiro atoms. The molecule has 0 aliphatic carbocycles. The van der Waals surface area contributed by atoms with E-state index in [4.69, 9.17) is 5.73 Å². The van der Waals surface area contributed by atoms with Crippen LogP contribution >= 0.6 is 11.3 Å². The molecule has 0 saturated carbocycles. The second-order valence-corrected chi connectivity index (χ2v) is 6.54. The largest absolute Gasteiger partial charge is 0.397 e. The lowest BCUT2D eigenvalue weighted by molar-refractivity contribution is 0.266. The summed E-state index contributed by atoms with van der Waals surface area (Å²) in [5, 5.41) is 9.33. The number of hydrogen-bond acceptors (Lipinski definition) is 9. The standard InChI is InChI=1S/C14H14N8O2S/c15-10-5-9(7-16-8-10)13-18-22-12(23)6-11(17-14(22)25-13)20-1-3-21(19-24)4-2-20/h5-8H,1-4,15H2. The molecule has 25 heavy (non-hydrogen) atoms. The summed E-state index contributed by atoms with van der Waals surface area (Å²) in [6.45, 7) is 2.18. The van der Waals surface area contributed by atoms with Crippen LogP contribution < -0.4 is 16.2 Å². The van der Waals surface area contributed by atoms with Crippen LogP contribution in [0.5, 0.6) is 0 Å². The van der Waals surface area contributed by atoms with Gasteiger partial charge in [0.2, 0.25) is 4.96 Å². The summed E-state index contributed by atoms with van der Waals surface area (Å²) in [5.74, 6) is 0.580. The normalized spacial score (nSPS) is 14.9. The average molecular weight is 358 g/mol. The first-order valence-corrected chi connectivity index (χ1v) is 8.41. The minimum atomic E-state index is -0.254. The number of nitrogens with two attached hydrogens (primary N) is 1. The third-order valence-electron chi connectivity index (χ3n) is 3.93. The smallest absolute Gasteiger partial charge is 0.277 e. The topological polar surface area (TPSA) is 122 Å². The van der Waals surface area contributed by atoms with Gasteiger partial charge in [-0.15, -0.1) is 4.91 Å². The summed E-state index contributed by atoms with van der Waals surface area (Å²) in [6.07, 6.45) is 3.19. The Morgan fingerprint density at radius 1 is 1.16 bits per heavy atom. The summed E-state index contributed by atoms with van der Waals surface area (Å²) in [6, 6.07) is 3.21. The number of fused-ring (bicyclic) bond motifs is 1. The zero-order chi connectivity index (χ0) is 17.4. The maximum Gasteiger partial charge on any atom is 0.277 e. The van der Waals surface area contributed by atoms with Crippen LogP contribution in [0, 0.1) is 4.91 Å². The van der Waals surface area contributed by atoms with E-state index in [1.165, 1.54) is 26.9 Å². The van der Waals surface area contributed by atoms with Gasteiger partial charge in [-0.1, -0.05) is 11.3 Å². The van der Waals surface area contributed by atoms with Gasteiger partial charge in [0.05, 0.1) is 24.1 Å². The first-order chi connectivity index (χ1) is 12.1. The van der Waals surface area contributed by atoms with Gasteiger partial charge in [0.15, 0.2) is 0 Å². The molecule has 3 aromatic rings. The van der Waals surface area contributed by atoms with Crippen molar-refractivity contribution in [2.75, 3.05) is 36.8 Å². The second-order valence-electron chi connectivity index (χ2n) is 5.58. The summed E-state index contributed by atoms with van der Waals surface area (Å²) in [5.41, 5.74) is 6.76. The Labute approximate surface area is 145 Å². The van der Waals surface area contributed by atoms with E-state index < -0.39 is 0 Å². The van der Waals surface area contributed by atoms with Gasteiger partial charge < -0.3 is 10.6 Å². The lowest BCUT2D eigenvalue weighted by Crippen LogP contribution is -2.44. The number of hydrogen-bond donors (Lipinski definition) is 1. The van der Waals surface area contributed by atoms with Crippen molar-refractivity contribution in [3.63, 3.8) is 0 Å². The fourth-order valence-corrected chi connectivity index (χ4v) is 3.54. The van der Waals surface area contributed by atoms with Gasteiger partial charge in [-0.2, -0.15) is 9.61 Å². The van der Waals surface area contributed by atoms with Gasteiger partial charge in [-0.25, -0.2) is 4.98 Å². The molecule has 11 heteroatoms. The van der Waals surface area contributed by atoms with Crippen molar-refractivity contribution in [2.24, 2.45) is 5.29 Å². The first-order valence-electron chi connectivity index (χ1n) is 7.59. The molecule has 4 rings (SSSR count). The number of anilines is 2. The van der Waals surface area contributed by atoms with E-state index >= 15 is 0 Å². The molecule has 0 bridgehead atoms. The third-order valence-corrected chi connectivity index (χ3v) is 4.89. The highest BCUT2D eigenvalue weighted by molar-refractivity contribution is 7.19. The summed E-state index contributed by atoms with van der Waals surface area (Å²) in [4.78, 5) is 34.0. The van der Waals surface area contributed by atoms with Crippen LogP contribution in [0.2, 0.25) is 0 Å². The van der Waals surface area contributed by atoms with Crippen molar-refractivity contribution in [3.8, 4) is 10.6 Å². The SMILES string of the molecule is Nc1cncc(-c2nn3c(=O)cc(N4CCN(N=O)CC4)nc3s2)c1. The predicted octanol–water partition coefficient (Wildman–Crippen LogP) is 0.599. The highest BCUT2D eigenvalue weighted by Crippen LogP contribution is 2.25. The average Bonchev–Trinajstić information content (AvgIpc) is 3.07. The Morgan fingerprint density at radius 2 is 1.96 bits per heavy atom. The quantitative estimate of drug-likeness (QED) is 0.675. The van der Waals surface area contributed by atoms with Crippen LogP contribution in [0.4, 0.5) is 11.5 Å². The van der Waals surface area contributed by atoms with Gasteiger partial charge in [0.1, 0.15) is 10.8 Å². The summed E-state index contributed by atoms with van der Waals surface area (Å²) >= 11 is 1.30. The van der Waals surface area contributed by atoms with Crippen molar-refractivity contribution >= 4 is 27.8 Å². The predicted molar refractivity (Wildman–Crippen MR) is 94.4 cm³/mol. The Balaban J connectivity index is 1.70. The van der Waals surface area contributed by atoms with E-state index in [9.17, 15) is 9.70 Å². The molecule has 1 saturated heterocycles. The van der Waals surface area contributed by atoms with E-state index in [1.807, 2.05) is 4.90 Å². The molecule has 2 N–H and O–H groups in total. The molecule has 10 nitrogen and oxygen atoms in total. The monoisotopic (exact) mass is 358 g/mol. The number of nitrogen functional groups attached to an aromatic ring is 1. The Bertz CT molecular complexity index is 992. The van der Waals surface area contributed by atoms with Gasteiger partial charge in [0, 0.05) is 37.1 Å². The van der Waals surface area contributed by atoms with Crippen molar-refractivity contribution in [1.82, 2.24) is 24.6 Å². The van der Waals surface area contributed by atoms with Crippen molar-refractivity contribution in [1.29, 1.82) is 0 Å². The number of aromatic nitrogens is 4. The molecule has 128 valence electrons. The summed E-state index contributed by atoms with van der Waals surface area (Å²) in [7, 11) is 0. The van der Waals surface area contributed by atoms with Crippen LogP contribution in [0.15, 0.2) is 34.6 Å². The highest BCUT2D eigenvalue weighted by Gasteiger charge is 2.20. The Hall–Kier alpha value is -3.08. The minimum absolute atomic E-state index is 0.254. The molecule has 0 unspecified atom stereocenters. The van der Waals surface area contributed by atoms with Gasteiger partial charge in [-0.05, 0) is 6.07 Å². The number of piperazine rings is 1. The Morgan fingerprint density at radius 3 is 2.68 bits per heavy atom. The molecule has 0 radical (unpaired) electrons. The van der Waals surface area contributed by atoms with Crippen LogP contribution in [0.3, 0.4) is 0 Å². The lowest BCUT2D eigenvalue weighted by Gasteiger charge is -2.31.